The molecule has 7 nitrogen and oxygen atoms in total. The first-order valence-corrected chi connectivity index (χ1v) is 12.7. The number of nitrogen functional groups attached to an aromatic ring is 1. The summed E-state index contributed by atoms with van der Waals surface area (Å²) in [4.78, 5) is 34.2. The number of nitrogens with two attached hydrogens (primary N) is 1. The molecule has 2 aliphatic carbocycles. The van der Waals surface area contributed by atoms with Crippen molar-refractivity contribution in [3.63, 3.8) is 0 Å². The molecule has 0 aromatic heterocycles. The summed E-state index contributed by atoms with van der Waals surface area (Å²) in [7, 11) is 2.79. The van der Waals surface area contributed by atoms with E-state index in [2.05, 4.69) is 23.9 Å². The number of hydrogen-bond donors (Lipinski definition) is 2. The number of methoxy groups -OCH3 is 2. The quantitative estimate of drug-likeness (QED) is 0.171. The number of carbonyl (C=O) groups is 3. The van der Waals surface area contributed by atoms with Crippen LogP contribution in [0.5, 0.6) is 0 Å². The smallest absolute Gasteiger partial charge is 0.316 e. The molecule has 2 aliphatic rings. The Labute approximate surface area is 254 Å². The number of rotatable bonds is 4. The fourth-order valence-electron chi connectivity index (χ4n) is 5.00. The minimum atomic E-state index is -0.509. The topological polar surface area (TPSA) is 108 Å². The predicted molar refractivity (Wildman–Crippen MR) is 160 cm³/mol. The van der Waals surface area contributed by atoms with Gasteiger partial charge in [0.05, 0.1) is 20.1 Å². The third-order valence-corrected chi connectivity index (χ3v) is 6.74. The number of para-hydroxylation sites is 2. The van der Waals surface area contributed by atoms with Crippen molar-refractivity contribution in [3.8, 4) is 0 Å². The first kappa shape index (κ1) is 39.4. The van der Waals surface area contributed by atoms with Crippen molar-refractivity contribution in [2.45, 2.75) is 74.3 Å². The first-order chi connectivity index (χ1) is 17.4. The number of ether oxygens (including phenoxy) is 2. The van der Waals surface area contributed by atoms with Gasteiger partial charge in [0.15, 0.2) is 0 Å². The number of Topliss-reactive ketones (excluding diaryl/α,β-unsaturated/α-hetero) is 1. The molecule has 0 radical (unpaired) electrons. The molecule has 0 aliphatic heterocycles. The van der Waals surface area contributed by atoms with Crippen molar-refractivity contribution in [1.82, 2.24) is 0 Å². The summed E-state index contributed by atoms with van der Waals surface area (Å²) in [5.41, 5.74) is 7.40. The maximum atomic E-state index is 11.8. The summed E-state index contributed by atoms with van der Waals surface area (Å²) in [5, 5.41) is 3.46. The second kappa shape index (κ2) is 17.9. The summed E-state index contributed by atoms with van der Waals surface area (Å²) < 4.78 is 9.45. The van der Waals surface area contributed by atoms with Crippen LogP contribution in [0.3, 0.4) is 0 Å². The minimum Gasteiger partial charge on any atom is -0.469 e. The van der Waals surface area contributed by atoms with E-state index in [1.165, 1.54) is 14.2 Å². The molecule has 3 N–H and O–H groups in total. The van der Waals surface area contributed by atoms with Gasteiger partial charge in [0.1, 0.15) is 11.7 Å². The minimum absolute atomic E-state index is 0. The summed E-state index contributed by atoms with van der Waals surface area (Å²) in [6.45, 7) is 8.40. The number of ketones is 1. The molecule has 2 saturated carbocycles. The molecule has 2 fully saturated rings. The third-order valence-electron chi connectivity index (χ3n) is 6.74. The molecular weight excluding hydrogens is 558 g/mol. The molecule has 0 bridgehead atoms. The zero-order chi connectivity index (χ0) is 27.6. The average molecular weight is 608 g/mol. The van der Waals surface area contributed by atoms with E-state index in [4.69, 9.17) is 10.5 Å². The molecule has 0 heterocycles. The molecule has 220 valence electrons. The molecule has 0 saturated heterocycles. The molecule has 3 unspecified atom stereocenters. The molecule has 0 spiro atoms. The molecule has 0 amide bonds. The van der Waals surface area contributed by atoms with Gasteiger partial charge in [-0.2, -0.15) is 0 Å². The first-order valence-electron chi connectivity index (χ1n) is 12.7. The number of esters is 2. The maximum absolute atomic E-state index is 11.8. The van der Waals surface area contributed by atoms with Crippen molar-refractivity contribution >= 4 is 29.1 Å². The van der Waals surface area contributed by atoms with E-state index in [1.807, 2.05) is 74.5 Å². The van der Waals surface area contributed by atoms with E-state index >= 15 is 0 Å². The molecule has 8 heteroatoms. The van der Waals surface area contributed by atoms with Crippen LogP contribution in [-0.4, -0.2) is 38.0 Å². The Morgan fingerprint density at radius 3 is 1.70 bits per heavy atom. The van der Waals surface area contributed by atoms with E-state index in [9.17, 15) is 14.4 Å². The van der Waals surface area contributed by atoms with Gasteiger partial charge in [-0.15, -0.1) is 0 Å². The largest absolute Gasteiger partial charge is 0.469 e. The van der Waals surface area contributed by atoms with Crippen molar-refractivity contribution in [1.29, 1.82) is 0 Å². The number of nitrogens with one attached hydrogen (secondary N) is 1. The summed E-state index contributed by atoms with van der Waals surface area (Å²) in [6, 6.07) is 19.7. The van der Waals surface area contributed by atoms with Crippen LogP contribution in [0.15, 0.2) is 60.7 Å². The SMILES string of the molecule is C.C.COC(=O)C1CC(C)(C)CC1=O.COC(=O)C1CC(C)(C)CC1Nc1ccccc1.Nc1ccccc1.[Zn]. The van der Waals surface area contributed by atoms with Crippen molar-refractivity contribution in [2.75, 3.05) is 25.3 Å². The van der Waals surface area contributed by atoms with Crippen LogP contribution in [0.1, 0.15) is 68.2 Å². The molecule has 3 atom stereocenters. The van der Waals surface area contributed by atoms with E-state index in [1.54, 1.807) is 0 Å². The van der Waals surface area contributed by atoms with Crippen molar-refractivity contribution in [3.05, 3.63) is 60.7 Å². The standard InChI is InChI=1S/C15H21NO2.C9H14O3.C6H7N.2CH4.Zn/c1-15(2)9-12(14(17)18-3)13(10-15)16-11-7-5-4-6-8-11;1-9(2)4-6(7(10)5-9)8(11)12-3;7-6-4-2-1-3-5-6;;;/h4-8,12-13,16H,9-10H2,1-3H3;6H,4-5H2,1-3H3;1-5H,7H2;2*1H4;. The van der Waals surface area contributed by atoms with Gasteiger partial charge in [-0.3, -0.25) is 14.4 Å². The van der Waals surface area contributed by atoms with Crippen molar-refractivity contribution < 1.29 is 43.3 Å². The Hall–Kier alpha value is -2.73. The Morgan fingerprint density at radius 1 is 0.800 bits per heavy atom. The Kier molecular flexibility index (Phi) is 17.6. The molecular formula is C32H50N2O5Zn. The second-order valence-corrected chi connectivity index (χ2v) is 11.3. The molecule has 2 aromatic carbocycles. The van der Waals surface area contributed by atoms with E-state index in [0.717, 1.165) is 24.2 Å². The number of benzene rings is 2. The Balaban J connectivity index is 0. The van der Waals surface area contributed by atoms with Crippen LogP contribution in [-0.2, 0) is 43.3 Å². The van der Waals surface area contributed by atoms with Crippen LogP contribution < -0.4 is 11.1 Å². The Bertz CT molecular complexity index is 1030. The van der Waals surface area contributed by atoms with E-state index in [0.29, 0.717) is 12.8 Å². The van der Waals surface area contributed by atoms with Crippen molar-refractivity contribution in [2.24, 2.45) is 22.7 Å². The average Bonchev–Trinajstić information content (AvgIpc) is 3.32. The van der Waals surface area contributed by atoms with Gasteiger partial charge in [0, 0.05) is 43.3 Å². The van der Waals surface area contributed by atoms with Crippen LogP contribution >= 0.6 is 0 Å². The third kappa shape index (κ3) is 12.6. The van der Waals surface area contributed by atoms with E-state index < -0.39 is 5.92 Å². The molecule has 4 rings (SSSR count). The zero-order valence-corrected chi connectivity index (χ0v) is 26.6. The summed E-state index contributed by atoms with van der Waals surface area (Å²) in [6.07, 6.45) is 2.98. The monoisotopic (exact) mass is 606 g/mol. The summed E-state index contributed by atoms with van der Waals surface area (Å²) >= 11 is 0. The number of anilines is 2. The predicted octanol–water partition coefficient (Wildman–Crippen LogP) is 6.78. The van der Waals surface area contributed by atoms with Gasteiger partial charge in [-0.05, 0) is 54.4 Å². The molecule has 40 heavy (non-hydrogen) atoms. The van der Waals surface area contributed by atoms with Gasteiger partial charge < -0.3 is 20.5 Å². The number of hydrogen-bond acceptors (Lipinski definition) is 7. The van der Waals surface area contributed by atoms with Gasteiger partial charge in [0.25, 0.3) is 0 Å². The normalized spacial score (nSPS) is 21.2. The van der Waals surface area contributed by atoms with Crippen LogP contribution in [0.4, 0.5) is 11.4 Å². The zero-order valence-electron chi connectivity index (χ0n) is 23.7. The molecule has 2 aromatic rings. The van der Waals surface area contributed by atoms with E-state index in [-0.39, 0.29) is 74.8 Å². The fraction of sp³-hybridized carbons (Fsp3) is 0.531. The second-order valence-electron chi connectivity index (χ2n) is 11.3. The van der Waals surface area contributed by atoms with Crippen LogP contribution in [0, 0.1) is 22.7 Å². The van der Waals surface area contributed by atoms with Gasteiger partial charge >= 0.3 is 11.9 Å². The Morgan fingerprint density at radius 2 is 1.30 bits per heavy atom. The maximum Gasteiger partial charge on any atom is 0.316 e. The van der Waals surface area contributed by atoms with Gasteiger partial charge in [-0.1, -0.05) is 78.9 Å². The van der Waals surface area contributed by atoms with Gasteiger partial charge in [0.2, 0.25) is 0 Å². The van der Waals surface area contributed by atoms with Gasteiger partial charge in [-0.25, -0.2) is 0 Å². The van der Waals surface area contributed by atoms with Crippen LogP contribution in [0.2, 0.25) is 0 Å². The summed E-state index contributed by atoms with van der Waals surface area (Å²) in [5.74, 6) is -1.03. The van der Waals surface area contributed by atoms with Crippen LogP contribution in [0.25, 0.3) is 0 Å². The number of carbonyl (C=O) groups excluding carboxylic acids is 3. The fourth-order valence-corrected chi connectivity index (χ4v) is 5.00.